The average molecular weight is 299 g/mol. The summed E-state index contributed by atoms with van der Waals surface area (Å²) in [5.41, 5.74) is 0. The molecule has 0 aliphatic heterocycles. The Morgan fingerprint density at radius 3 is 2.65 bits per heavy atom. The number of thioether (sulfide) groups is 1. The SMILES string of the molecule is CCC(C)c1nc(SC(C)NC=O)n(C(=O)N(C)C)n1. The molecular formula is C12H21N5O2S. The van der Waals surface area contributed by atoms with Crippen molar-refractivity contribution in [2.45, 2.75) is 43.6 Å². The molecule has 0 aliphatic rings. The third-order valence-corrected chi connectivity index (χ3v) is 3.76. The monoisotopic (exact) mass is 299 g/mol. The van der Waals surface area contributed by atoms with Crippen molar-refractivity contribution < 1.29 is 9.59 Å². The van der Waals surface area contributed by atoms with Crippen LogP contribution in [-0.2, 0) is 4.79 Å². The van der Waals surface area contributed by atoms with Gasteiger partial charge in [0.1, 0.15) is 0 Å². The molecule has 8 heteroatoms. The lowest BCUT2D eigenvalue weighted by Gasteiger charge is -2.12. The van der Waals surface area contributed by atoms with Crippen LogP contribution >= 0.6 is 11.8 Å². The molecule has 112 valence electrons. The minimum atomic E-state index is -0.257. The van der Waals surface area contributed by atoms with Crippen molar-refractivity contribution in [1.29, 1.82) is 0 Å². The second-order valence-corrected chi connectivity index (χ2v) is 6.00. The zero-order valence-electron chi connectivity index (χ0n) is 12.5. The van der Waals surface area contributed by atoms with Gasteiger partial charge >= 0.3 is 6.03 Å². The van der Waals surface area contributed by atoms with Gasteiger partial charge in [-0.05, 0) is 13.3 Å². The number of carbonyl (C=O) groups excluding carboxylic acids is 2. The number of nitrogens with zero attached hydrogens (tertiary/aromatic N) is 4. The van der Waals surface area contributed by atoms with Gasteiger partial charge in [0.2, 0.25) is 6.41 Å². The first kappa shape index (κ1) is 16.5. The third kappa shape index (κ3) is 3.96. The maximum absolute atomic E-state index is 12.1. The molecule has 0 spiro atoms. The topological polar surface area (TPSA) is 80.1 Å². The fourth-order valence-electron chi connectivity index (χ4n) is 1.38. The number of amides is 2. The van der Waals surface area contributed by atoms with Crippen molar-refractivity contribution in [3.63, 3.8) is 0 Å². The molecule has 1 aromatic rings. The Labute approximate surface area is 123 Å². The molecule has 0 aromatic carbocycles. The highest BCUT2D eigenvalue weighted by atomic mass is 32.2. The summed E-state index contributed by atoms with van der Waals surface area (Å²) in [4.78, 5) is 28.4. The van der Waals surface area contributed by atoms with Gasteiger partial charge in [-0.25, -0.2) is 9.78 Å². The van der Waals surface area contributed by atoms with E-state index < -0.39 is 0 Å². The Morgan fingerprint density at radius 1 is 1.50 bits per heavy atom. The highest BCUT2D eigenvalue weighted by Gasteiger charge is 2.21. The fraction of sp³-hybridized carbons (Fsp3) is 0.667. The van der Waals surface area contributed by atoms with E-state index in [2.05, 4.69) is 15.4 Å². The van der Waals surface area contributed by atoms with E-state index >= 15 is 0 Å². The molecule has 0 aliphatic carbocycles. The van der Waals surface area contributed by atoms with Crippen LogP contribution in [0.25, 0.3) is 0 Å². The molecule has 1 N–H and O–H groups in total. The highest BCUT2D eigenvalue weighted by Crippen LogP contribution is 2.23. The molecule has 2 atom stereocenters. The first-order valence-corrected chi connectivity index (χ1v) is 7.33. The highest BCUT2D eigenvalue weighted by molar-refractivity contribution is 7.99. The molecule has 0 fully saturated rings. The number of nitrogens with one attached hydrogen (secondary N) is 1. The number of rotatable bonds is 6. The lowest BCUT2D eigenvalue weighted by Crippen LogP contribution is -2.29. The zero-order chi connectivity index (χ0) is 15.3. The Bertz CT molecular complexity index is 474. The zero-order valence-corrected chi connectivity index (χ0v) is 13.3. The largest absolute Gasteiger partial charge is 0.347 e. The van der Waals surface area contributed by atoms with Crippen molar-refractivity contribution in [2.24, 2.45) is 0 Å². The molecule has 7 nitrogen and oxygen atoms in total. The maximum atomic E-state index is 12.1. The first-order valence-electron chi connectivity index (χ1n) is 6.45. The van der Waals surface area contributed by atoms with Gasteiger partial charge in [0.15, 0.2) is 11.0 Å². The number of carbonyl (C=O) groups is 2. The summed E-state index contributed by atoms with van der Waals surface area (Å²) < 4.78 is 1.29. The molecule has 1 heterocycles. The van der Waals surface area contributed by atoms with E-state index in [-0.39, 0.29) is 17.3 Å². The van der Waals surface area contributed by atoms with Gasteiger partial charge in [-0.2, -0.15) is 4.68 Å². The van der Waals surface area contributed by atoms with Gasteiger partial charge in [0.05, 0.1) is 5.37 Å². The van der Waals surface area contributed by atoms with Gasteiger partial charge in [-0.1, -0.05) is 25.6 Å². The first-order chi connectivity index (χ1) is 9.40. The van der Waals surface area contributed by atoms with Crippen LogP contribution in [-0.4, -0.2) is 51.6 Å². The lowest BCUT2D eigenvalue weighted by molar-refractivity contribution is -0.109. The fourth-order valence-corrected chi connectivity index (χ4v) is 2.19. The minimum Gasteiger partial charge on any atom is -0.347 e. The van der Waals surface area contributed by atoms with Crippen LogP contribution in [0.15, 0.2) is 5.16 Å². The quantitative estimate of drug-likeness (QED) is 0.489. The van der Waals surface area contributed by atoms with E-state index in [0.717, 1.165) is 6.42 Å². The van der Waals surface area contributed by atoms with Crippen LogP contribution in [0.5, 0.6) is 0 Å². The maximum Gasteiger partial charge on any atom is 0.346 e. The Hall–Kier alpha value is -1.57. The van der Waals surface area contributed by atoms with Gasteiger partial charge in [0, 0.05) is 20.0 Å². The van der Waals surface area contributed by atoms with Crippen LogP contribution in [0, 0.1) is 0 Å². The Morgan fingerprint density at radius 2 is 2.15 bits per heavy atom. The van der Waals surface area contributed by atoms with E-state index in [1.165, 1.54) is 21.3 Å². The lowest BCUT2D eigenvalue weighted by atomic mass is 10.1. The molecule has 0 radical (unpaired) electrons. The van der Waals surface area contributed by atoms with Gasteiger partial charge in [0.25, 0.3) is 0 Å². The Balaban J connectivity index is 3.08. The molecule has 1 rings (SSSR count). The summed E-state index contributed by atoms with van der Waals surface area (Å²) in [6.07, 6.45) is 1.52. The summed E-state index contributed by atoms with van der Waals surface area (Å²) in [5, 5.41) is 7.21. The van der Waals surface area contributed by atoms with E-state index in [1.54, 1.807) is 14.1 Å². The summed E-state index contributed by atoms with van der Waals surface area (Å²) in [6, 6.07) is -0.257. The summed E-state index contributed by atoms with van der Waals surface area (Å²) in [6.45, 7) is 5.88. The van der Waals surface area contributed by atoms with E-state index in [9.17, 15) is 9.59 Å². The van der Waals surface area contributed by atoms with Crippen LogP contribution < -0.4 is 5.32 Å². The van der Waals surface area contributed by atoms with Gasteiger partial charge < -0.3 is 10.2 Å². The van der Waals surface area contributed by atoms with Crippen LogP contribution in [0.1, 0.15) is 38.9 Å². The van der Waals surface area contributed by atoms with Crippen molar-refractivity contribution in [1.82, 2.24) is 25.0 Å². The molecule has 1 aromatic heterocycles. The Kier molecular flexibility index (Phi) is 6.00. The smallest absolute Gasteiger partial charge is 0.346 e. The van der Waals surface area contributed by atoms with Crippen molar-refractivity contribution in [3.05, 3.63) is 5.82 Å². The minimum absolute atomic E-state index is 0.180. The molecule has 0 bridgehead atoms. The predicted octanol–water partition coefficient (Wildman–Crippen LogP) is 1.51. The molecular weight excluding hydrogens is 278 g/mol. The second kappa shape index (κ2) is 7.28. The van der Waals surface area contributed by atoms with E-state index in [1.807, 2.05) is 20.8 Å². The number of hydrogen-bond donors (Lipinski definition) is 1. The molecule has 0 saturated heterocycles. The summed E-state index contributed by atoms with van der Waals surface area (Å²) >= 11 is 1.29. The van der Waals surface area contributed by atoms with E-state index in [4.69, 9.17) is 0 Å². The predicted molar refractivity (Wildman–Crippen MR) is 77.7 cm³/mol. The molecule has 2 unspecified atom stereocenters. The molecule has 20 heavy (non-hydrogen) atoms. The number of aromatic nitrogens is 3. The average Bonchev–Trinajstić information content (AvgIpc) is 2.80. The number of hydrogen-bond acceptors (Lipinski definition) is 5. The van der Waals surface area contributed by atoms with Crippen LogP contribution in [0.2, 0.25) is 0 Å². The van der Waals surface area contributed by atoms with Gasteiger partial charge in [-0.15, -0.1) is 5.10 Å². The van der Waals surface area contributed by atoms with Crippen molar-refractivity contribution in [3.8, 4) is 0 Å². The standard InChI is InChI=1S/C12H21N5O2S/c1-6-8(2)10-14-11(20-9(3)13-7-18)17(15-10)12(19)16(4)5/h7-9H,6H2,1-5H3,(H,13,18). The molecule has 0 saturated carbocycles. The van der Waals surface area contributed by atoms with Crippen LogP contribution in [0.4, 0.5) is 4.79 Å². The summed E-state index contributed by atoms with van der Waals surface area (Å²) in [5.74, 6) is 0.823. The van der Waals surface area contributed by atoms with Crippen molar-refractivity contribution >= 4 is 24.2 Å². The summed E-state index contributed by atoms with van der Waals surface area (Å²) in [7, 11) is 3.32. The van der Waals surface area contributed by atoms with Gasteiger partial charge in [-0.3, -0.25) is 4.79 Å². The van der Waals surface area contributed by atoms with E-state index in [0.29, 0.717) is 17.4 Å². The van der Waals surface area contributed by atoms with Crippen molar-refractivity contribution in [2.75, 3.05) is 14.1 Å². The molecule has 2 amide bonds. The third-order valence-electron chi connectivity index (χ3n) is 2.80. The normalized spacial score (nSPS) is 13.7. The second-order valence-electron chi connectivity index (χ2n) is 4.70. The van der Waals surface area contributed by atoms with Crippen LogP contribution in [0.3, 0.4) is 0 Å².